The average molecular weight is 387 g/mol. The second-order valence-corrected chi connectivity index (χ2v) is 6.66. The lowest BCUT2D eigenvalue weighted by molar-refractivity contribution is 0.640. The van der Waals surface area contributed by atoms with Gasteiger partial charge in [-0.3, -0.25) is 5.41 Å². The van der Waals surface area contributed by atoms with Gasteiger partial charge in [0, 0.05) is 42.3 Å². The van der Waals surface area contributed by atoms with Gasteiger partial charge in [-0.25, -0.2) is 4.98 Å². The molecule has 0 bridgehead atoms. The smallest absolute Gasteiger partial charge is 0.106 e. The van der Waals surface area contributed by atoms with Crippen LogP contribution in [0.5, 0.6) is 0 Å². The van der Waals surface area contributed by atoms with Gasteiger partial charge in [0.05, 0.1) is 12.0 Å². The number of nitrogens with two attached hydrogens (primary N) is 2. The maximum absolute atomic E-state index is 8.80. The van der Waals surface area contributed by atoms with Crippen LogP contribution in [0.4, 0.5) is 0 Å². The number of nitrogens with one attached hydrogen (secondary N) is 2. The Kier molecular flexibility index (Phi) is 6.47. The second-order valence-electron chi connectivity index (χ2n) is 6.66. The average Bonchev–Trinajstić information content (AvgIpc) is 3.28. The number of benzene rings is 2. The maximum Gasteiger partial charge on any atom is 0.106 e. The van der Waals surface area contributed by atoms with Crippen molar-refractivity contribution in [3.8, 4) is 0 Å². The Morgan fingerprint density at radius 2 is 1.62 bits per heavy atom. The summed E-state index contributed by atoms with van der Waals surface area (Å²) in [6.07, 6.45) is 5.39. The molecule has 29 heavy (non-hydrogen) atoms. The van der Waals surface area contributed by atoms with Crippen molar-refractivity contribution in [2.24, 2.45) is 11.5 Å². The third-order valence-corrected chi connectivity index (χ3v) is 4.69. The van der Waals surface area contributed by atoms with Crippen LogP contribution in [0.25, 0.3) is 5.70 Å². The van der Waals surface area contributed by atoms with Crippen molar-refractivity contribution in [2.75, 3.05) is 6.54 Å². The summed E-state index contributed by atoms with van der Waals surface area (Å²) in [5.41, 5.74) is 16.8. The van der Waals surface area contributed by atoms with Crippen LogP contribution in [0, 0.1) is 5.41 Å². The molecule has 0 spiro atoms. The summed E-state index contributed by atoms with van der Waals surface area (Å²) in [4.78, 5) is 4.04. The lowest BCUT2D eigenvalue weighted by atomic mass is 9.93. The first kappa shape index (κ1) is 19.9. The topological polar surface area (TPSA) is 106 Å². The molecule has 6 nitrogen and oxygen atoms in total. The van der Waals surface area contributed by atoms with Gasteiger partial charge in [0.25, 0.3) is 0 Å². The zero-order valence-corrected chi connectivity index (χ0v) is 16.5. The van der Waals surface area contributed by atoms with E-state index in [0.29, 0.717) is 35.9 Å². The first-order chi connectivity index (χ1) is 14.1. The van der Waals surface area contributed by atoms with E-state index in [2.05, 4.69) is 10.3 Å². The van der Waals surface area contributed by atoms with Crippen molar-refractivity contribution in [1.29, 1.82) is 5.41 Å². The molecule has 0 radical (unpaired) electrons. The van der Waals surface area contributed by atoms with Gasteiger partial charge in [-0.05, 0) is 18.1 Å². The molecule has 6 N–H and O–H groups in total. The molecule has 2 aromatic carbocycles. The van der Waals surface area contributed by atoms with Gasteiger partial charge in [0.2, 0.25) is 0 Å². The van der Waals surface area contributed by atoms with Crippen LogP contribution in [0.1, 0.15) is 18.1 Å². The Bertz CT molecular complexity index is 1000. The summed E-state index contributed by atoms with van der Waals surface area (Å²) in [6.45, 7) is 3.22. The van der Waals surface area contributed by atoms with Gasteiger partial charge < -0.3 is 21.4 Å². The summed E-state index contributed by atoms with van der Waals surface area (Å²) in [5.74, 6) is 0.426. The lowest BCUT2D eigenvalue weighted by Gasteiger charge is -2.18. The lowest BCUT2D eigenvalue weighted by Crippen LogP contribution is -2.28. The first-order valence-electron chi connectivity index (χ1n) is 9.43. The summed E-state index contributed by atoms with van der Waals surface area (Å²) >= 11 is 0. The van der Waals surface area contributed by atoms with Crippen molar-refractivity contribution < 1.29 is 0 Å². The van der Waals surface area contributed by atoms with Crippen LogP contribution in [-0.2, 0) is 6.54 Å². The van der Waals surface area contributed by atoms with Gasteiger partial charge in [0.1, 0.15) is 5.82 Å². The molecule has 148 valence electrons. The first-order valence-corrected chi connectivity index (χ1v) is 9.43. The molecule has 0 aliphatic rings. The van der Waals surface area contributed by atoms with E-state index in [1.54, 1.807) is 12.5 Å². The van der Waals surface area contributed by atoms with Crippen molar-refractivity contribution >= 4 is 11.4 Å². The molecule has 1 aromatic heterocycles. The zero-order valence-electron chi connectivity index (χ0n) is 16.5. The standard InChI is InChI=1S/C23H26N6/c1-17(21(24)18-8-4-2-5-9-18)20(22(25)19-10-6-3-7-11-19)23(26)28-13-15-29-14-12-27-16-29/h2-12,14,16,25,28H,13,15,24,26H2,1H3/b21-17-,23-20-,25-22?. The fraction of sp³-hybridized carbons (Fsp3) is 0.130. The quantitative estimate of drug-likeness (QED) is 0.352. The Hall–Kier alpha value is -3.80. The van der Waals surface area contributed by atoms with E-state index in [0.717, 1.165) is 16.7 Å². The zero-order chi connectivity index (χ0) is 20.6. The molecule has 0 saturated heterocycles. The van der Waals surface area contributed by atoms with Gasteiger partial charge in [-0.1, -0.05) is 60.7 Å². The molecule has 3 rings (SSSR count). The van der Waals surface area contributed by atoms with Gasteiger partial charge >= 0.3 is 0 Å². The number of hydrogen-bond acceptors (Lipinski definition) is 5. The van der Waals surface area contributed by atoms with Crippen LogP contribution in [0.2, 0.25) is 0 Å². The minimum Gasteiger partial charge on any atom is -0.398 e. The van der Waals surface area contributed by atoms with E-state index in [-0.39, 0.29) is 0 Å². The number of imidazole rings is 1. The largest absolute Gasteiger partial charge is 0.398 e. The highest BCUT2D eigenvalue weighted by Crippen LogP contribution is 2.23. The Labute approximate surface area is 171 Å². The highest BCUT2D eigenvalue weighted by molar-refractivity contribution is 6.14. The molecule has 0 atom stereocenters. The van der Waals surface area contributed by atoms with Gasteiger partial charge in [0.15, 0.2) is 0 Å². The second kappa shape index (κ2) is 9.41. The predicted octanol–water partition coefficient (Wildman–Crippen LogP) is 3.10. The summed E-state index contributed by atoms with van der Waals surface area (Å²) in [7, 11) is 0. The van der Waals surface area contributed by atoms with Crippen LogP contribution >= 0.6 is 0 Å². The number of nitrogens with zero attached hydrogens (tertiary/aromatic N) is 2. The number of allylic oxidation sites excluding steroid dienone is 2. The third-order valence-electron chi connectivity index (χ3n) is 4.69. The van der Waals surface area contributed by atoms with E-state index in [1.165, 1.54) is 0 Å². The molecule has 0 fully saturated rings. The van der Waals surface area contributed by atoms with Crippen LogP contribution in [0.15, 0.2) is 96.4 Å². The van der Waals surface area contributed by atoms with Crippen LogP contribution < -0.4 is 16.8 Å². The molecule has 0 saturated carbocycles. The van der Waals surface area contributed by atoms with E-state index in [4.69, 9.17) is 16.9 Å². The molecule has 0 aliphatic heterocycles. The maximum atomic E-state index is 8.80. The van der Waals surface area contributed by atoms with Crippen LogP contribution in [-0.4, -0.2) is 21.8 Å². The fourth-order valence-electron chi connectivity index (χ4n) is 3.07. The molecule has 0 amide bonds. The van der Waals surface area contributed by atoms with Gasteiger partial charge in [-0.15, -0.1) is 0 Å². The van der Waals surface area contributed by atoms with E-state index >= 15 is 0 Å². The highest BCUT2D eigenvalue weighted by Gasteiger charge is 2.17. The minimum absolute atomic E-state index is 0.328. The monoisotopic (exact) mass is 386 g/mol. The Morgan fingerprint density at radius 1 is 1.00 bits per heavy atom. The van der Waals surface area contributed by atoms with Crippen molar-refractivity contribution in [1.82, 2.24) is 14.9 Å². The molecular weight excluding hydrogens is 360 g/mol. The molecule has 1 heterocycles. The Morgan fingerprint density at radius 3 is 2.21 bits per heavy atom. The van der Waals surface area contributed by atoms with Crippen molar-refractivity contribution in [3.63, 3.8) is 0 Å². The fourth-order valence-corrected chi connectivity index (χ4v) is 3.07. The molecular formula is C23H26N6. The normalized spacial score (nSPS) is 12.7. The summed E-state index contributed by atoms with van der Waals surface area (Å²) < 4.78 is 1.96. The van der Waals surface area contributed by atoms with E-state index in [1.807, 2.05) is 78.4 Å². The molecule has 3 aromatic rings. The van der Waals surface area contributed by atoms with E-state index in [9.17, 15) is 0 Å². The number of hydrogen-bond donors (Lipinski definition) is 4. The molecule has 0 unspecified atom stereocenters. The number of rotatable bonds is 8. The molecule has 0 aliphatic carbocycles. The predicted molar refractivity (Wildman–Crippen MR) is 118 cm³/mol. The highest BCUT2D eigenvalue weighted by atomic mass is 15.1. The Balaban J connectivity index is 1.95. The third kappa shape index (κ3) is 4.93. The van der Waals surface area contributed by atoms with E-state index < -0.39 is 0 Å². The SMILES string of the molecule is CC(/C(C(=N)c1ccccc1)=C(\N)NCCn1ccnc1)=C(/N)c1ccccc1. The molecule has 6 heteroatoms. The van der Waals surface area contributed by atoms with Gasteiger partial charge in [-0.2, -0.15) is 0 Å². The minimum atomic E-state index is 0.328. The van der Waals surface area contributed by atoms with Crippen molar-refractivity contribution in [2.45, 2.75) is 13.5 Å². The summed E-state index contributed by atoms with van der Waals surface area (Å²) in [6, 6.07) is 19.3. The summed E-state index contributed by atoms with van der Waals surface area (Å²) in [5, 5.41) is 12.0. The number of aromatic nitrogens is 2. The van der Waals surface area contributed by atoms with Crippen LogP contribution in [0.3, 0.4) is 0 Å². The van der Waals surface area contributed by atoms with Crippen molar-refractivity contribution in [3.05, 3.63) is 107 Å².